The molecule has 1 N–H and O–H groups in total. The van der Waals surface area contributed by atoms with Crippen LogP contribution < -0.4 is 10.1 Å². The molecule has 150 valence electrons. The van der Waals surface area contributed by atoms with Crippen LogP contribution in [0.4, 0.5) is 14.5 Å². The molecule has 0 atom stereocenters. The number of nitrogens with one attached hydrogen (secondary N) is 1. The maximum atomic E-state index is 13.0. The van der Waals surface area contributed by atoms with Crippen molar-refractivity contribution >= 4 is 33.6 Å². The van der Waals surface area contributed by atoms with Crippen LogP contribution in [0, 0.1) is 23.0 Å². The quantitative estimate of drug-likeness (QED) is 0.364. The molecule has 0 aliphatic heterocycles. The van der Waals surface area contributed by atoms with Crippen molar-refractivity contribution in [1.29, 1.82) is 5.26 Å². The molecule has 0 bridgehead atoms. The number of nitriles is 1. The maximum absolute atomic E-state index is 13.0. The van der Waals surface area contributed by atoms with Gasteiger partial charge >= 0.3 is 0 Å². The lowest BCUT2D eigenvalue weighted by molar-refractivity contribution is -0.112. The van der Waals surface area contributed by atoms with Crippen molar-refractivity contribution in [3.05, 3.63) is 99.5 Å². The Hall–Kier alpha value is -3.50. The fourth-order valence-corrected chi connectivity index (χ4v) is 3.02. The predicted octanol–water partition coefficient (Wildman–Crippen LogP) is 5.85. The van der Waals surface area contributed by atoms with Crippen molar-refractivity contribution in [3.63, 3.8) is 0 Å². The van der Waals surface area contributed by atoms with Crippen LogP contribution in [0.3, 0.4) is 0 Å². The molecule has 0 fully saturated rings. The molecule has 30 heavy (non-hydrogen) atoms. The van der Waals surface area contributed by atoms with Crippen molar-refractivity contribution in [2.24, 2.45) is 0 Å². The highest BCUT2D eigenvalue weighted by Crippen LogP contribution is 2.28. The number of anilines is 1. The molecule has 0 saturated heterocycles. The average Bonchev–Trinajstić information content (AvgIpc) is 2.74. The first-order valence-corrected chi connectivity index (χ1v) is 9.59. The van der Waals surface area contributed by atoms with E-state index >= 15 is 0 Å². The van der Waals surface area contributed by atoms with Crippen molar-refractivity contribution in [3.8, 4) is 11.8 Å². The Balaban J connectivity index is 1.69. The Bertz CT molecular complexity index is 1120. The molecule has 0 aliphatic carbocycles. The van der Waals surface area contributed by atoms with Gasteiger partial charge in [0.2, 0.25) is 0 Å². The van der Waals surface area contributed by atoms with Gasteiger partial charge in [-0.2, -0.15) is 5.26 Å². The molecule has 0 radical (unpaired) electrons. The number of hydrogen-bond donors (Lipinski definition) is 1. The summed E-state index contributed by atoms with van der Waals surface area (Å²) in [6.07, 6.45) is 1.44. The van der Waals surface area contributed by atoms with Crippen molar-refractivity contribution in [2.75, 3.05) is 5.32 Å². The lowest BCUT2D eigenvalue weighted by Crippen LogP contribution is -2.13. The molecular weight excluding hydrogens is 454 g/mol. The number of nitrogens with zero attached hydrogens (tertiary/aromatic N) is 1. The number of benzene rings is 3. The van der Waals surface area contributed by atoms with E-state index in [0.29, 0.717) is 21.5 Å². The van der Waals surface area contributed by atoms with Gasteiger partial charge in [-0.1, -0.05) is 18.2 Å². The SMILES string of the molecule is N#C/C(=C/c1ccc(OCc2ccc(F)cc2)c(Br)c1)C(=O)Nc1ccc(F)cc1. The lowest BCUT2D eigenvalue weighted by Gasteiger charge is -2.09. The summed E-state index contributed by atoms with van der Waals surface area (Å²) < 4.78 is 32.3. The highest BCUT2D eigenvalue weighted by atomic mass is 79.9. The largest absolute Gasteiger partial charge is 0.488 e. The summed E-state index contributed by atoms with van der Waals surface area (Å²) in [7, 11) is 0. The van der Waals surface area contributed by atoms with E-state index in [-0.39, 0.29) is 18.0 Å². The van der Waals surface area contributed by atoms with E-state index < -0.39 is 11.7 Å². The Morgan fingerprint density at radius 2 is 1.67 bits per heavy atom. The smallest absolute Gasteiger partial charge is 0.266 e. The molecule has 0 spiro atoms. The monoisotopic (exact) mass is 468 g/mol. The first-order valence-electron chi connectivity index (χ1n) is 8.80. The summed E-state index contributed by atoms with van der Waals surface area (Å²) in [6.45, 7) is 0.261. The molecule has 3 aromatic carbocycles. The third kappa shape index (κ3) is 5.75. The summed E-state index contributed by atoms with van der Waals surface area (Å²) in [6, 6.07) is 18.2. The second-order valence-corrected chi connectivity index (χ2v) is 7.09. The van der Waals surface area contributed by atoms with E-state index in [1.165, 1.54) is 42.5 Å². The van der Waals surface area contributed by atoms with Gasteiger partial charge in [-0.15, -0.1) is 0 Å². The maximum Gasteiger partial charge on any atom is 0.266 e. The first kappa shape index (κ1) is 21.2. The van der Waals surface area contributed by atoms with Crippen LogP contribution in [0.5, 0.6) is 5.75 Å². The van der Waals surface area contributed by atoms with Gasteiger partial charge in [0, 0.05) is 5.69 Å². The van der Waals surface area contributed by atoms with Crippen LogP contribution >= 0.6 is 15.9 Å². The van der Waals surface area contributed by atoms with Crippen LogP contribution in [-0.2, 0) is 11.4 Å². The second kappa shape index (κ2) is 9.81. The highest BCUT2D eigenvalue weighted by molar-refractivity contribution is 9.10. The molecule has 0 saturated carbocycles. The summed E-state index contributed by atoms with van der Waals surface area (Å²) in [5.41, 5.74) is 1.71. The molecule has 0 unspecified atom stereocenters. The Labute approximate surface area is 180 Å². The van der Waals surface area contributed by atoms with E-state index in [9.17, 15) is 18.8 Å². The summed E-state index contributed by atoms with van der Waals surface area (Å²) >= 11 is 3.41. The minimum absolute atomic E-state index is 0.105. The van der Waals surface area contributed by atoms with Gasteiger partial charge in [0.1, 0.15) is 35.6 Å². The predicted molar refractivity (Wildman–Crippen MR) is 113 cm³/mol. The van der Waals surface area contributed by atoms with E-state index in [2.05, 4.69) is 21.2 Å². The number of hydrogen-bond acceptors (Lipinski definition) is 3. The van der Waals surface area contributed by atoms with Gasteiger partial charge in [-0.3, -0.25) is 4.79 Å². The van der Waals surface area contributed by atoms with Gasteiger partial charge in [0.05, 0.1) is 4.47 Å². The molecule has 3 rings (SSSR count). The van der Waals surface area contributed by atoms with E-state index in [1.54, 1.807) is 30.3 Å². The minimum Gasteiger partial charge on any atom is -0.488 e. The molecular formula is C23H15BrF2N2O2. The Morgan fingerprint density at radius 1 is 1.03 bits per heavy atom. The fraction of sp³-hybridized carbons (Fsp3) is 0.0435. The first-order chi connectivity index (χ1) is 14.4. The number of rotatable bonds is 6. The van der Waals surface area contributed by atoms with Crippen LogP contribution in [0.15, 0.2) is 76.8 Å². The molecule has 7 heteroatoms. The van der Waals surface area contributed by atoms with Gasteiger partial charge in [0.15, 0.2) is 0 Å². The number of halogens is 3. The van der Waals surface area contributed by atoms with Gasteiger partial charge < -0.3 is 10.1 Å². The zero-order valence-electron chi connectivity index (χ0n) is 15.5. The molecule has 4 nitrogen and oxygen atoms in total. The normalized spacial score (nSPS) is 10.9. The molecule has 0 aliphatic rings. The van der Waals surface area contributed by atoms with Gasteiger partial charge in [0.25, 0.3) is 5.91 Å². The minimum atomic E-state index is -0.600. The molecule has 3 aromatic rings. The summed E-state index contributed by atoms with van der Waals surface area (Å²) in [5, 5.41) is 11.9. The average molecular weight is 469 g/mol. The van der Waals surface area contributed by atoms with Crippen LogP contribution in [-0.4, -0.2) is 5.91 Å². The third-order valence-corrected chi connectivity index (χ3v) is 4.66. The van der Waals surface area contributed by atoms with E-state index in [1.807, 2.05) is 6.07 Å². The number of amides is 1. The third-order valence-electron chi connectivity index (χ3n) is 4.04. The molecule has 0 aromatic heterocycles. The number of ether oxygens (including phenoxy) is 1. The second-order valence-electron chi connectivity index (χ2n) is 6.24. The topological polar surface area (TPSA) is 62.1 Å². The van der Waals surface area contributed by atoms with Crippen molar-refractivity contribution < 1.29 is 18.3 Å². The Kier molecular flexibility index (Phi) is 6.94. The number of carbonyl (C=O) groups excluding carboxylic acids is 1. The van der Waals surface area contributed by atoms with Crippen LogP contribution in [0.2, 0.25) is 0 Å². The van der Waals surface area contributed by atoms with Crippen LogP contribution in [0.25, 0.3) is 6.08 Å². The zero-order valence-corrected chi connectivity index (χ0v) is 17.1. The number of carbonyl (C=O) groups is 1. The Morgan fingerprint density at radius 3 is 2.27 bits per heavy atom. The van der Waals surface area contributed by atoms with Gasteiger partial charge in [-0.05, 0) is 81.7 Å². The van der Waals surface area contributed by atoms with Gasteiger partial charge in [-0.25, -0.2) is 8.78 Å². The zero-order chi connectivity index (χ0) is 21.5. The van der Waals surface area contributed by atoms with Crippen LogP contribution in [0.1, 0.15) is 11.1 Å². The molecule has 0 heterocycles. The lowest BCUT2D eigenvalue weighted by atomic mass is 10.1. The van der Waals surface area contributed by atoms with E-state index in [4.69, 9.17) is 4.74 Å². The van der Waals surface area contributed by atoms with E-state index in [0.717, 1.165) is 5.56 Å². The van der Waals surface area contributed by atoms with Crippen molar-refractivity contribution in [2.45, 2.75) is 6.61 Å². The molecule has 1 amide bonds. The highest BCUT2D eigenvalue weighted by Gasteiger charge is 2.11. The summed E-state index contributed by atoms with van der Waals surface area (Å²) in [4.78, 5) is 12.3. The fourth-order valence-electron chi connectivity index (χ4n) is 2.51. The van der Waals surface area contributed by atoms with Crippen molar-refractivity contribution in [1.82, 2.24) is 0 Å². The standard InChI is InChI=1S/C23H15BrF2N2O2/c24-21-12-16(3-10-22(21)30-14-15-1-4-18(25)5-2-15)11-17(13-27)23(29)28-20-8-6-19(26)7-9-20/h1-12H,14H2,(H,28,29)/b17-11-. The summed E-state index contributed by atoms with van der Waals surface area (Å²) in [5.74, 6) is -0.772.